The van der Waals surface area contributed by atoms with Crippen LogP contribution in [0, 0.1) is 0 Å². The van der Waals surface area contributed by atoms with Crippen LogP contribution < -0.4 is 0 Å². The van der Waals surface area contributed by atoms with Crippen LogP contribution in [-0.4, -0.2) is 34.5 Å². The van der Waals surface area contributed by atoms with Crippen molar-refractivity contribution in [3.05, 3.63) is 0 Å². The zero-order valence-electron chi connectivity index (χ0n) is 7.94. The average Bonchev–Trinajstić information content (AvgIpc) is 2.67. The summed E-state index contributed by atoms with van der Waals surface area (Å²) in [5.41, 5.74) is 1.31. The molecule has 0 fully saturated rings. The van der Waals surface area contributed by atoms with Crippen molar-refractivity contribution in [1.82, 2.24) is 0 Å². The van der Waals surface area contributed by atoms with E-state index in [1.165, 1.54) is 23.9 Å². The van der Waals surface area contributed by atoms with Gasteiger partial charge in [0.1, 0.15) is 0 Å². The molecule has 4 nitrogen and oxygen atoms in total. The standard InChI is InChI=1S/2C4H5NOS/c2*1-3-4(6)2-7-5-3/h2*2H2,1H3. The Hall–Kier alpha value is -0.620. The summed E-state index contributed by atoms with van der Waals surface area (Å²) in [7, 11) is 0. The molecule has 2 aliphatic heterocycles. The summed E-state index contributed by atoms with van der Waals surface area (Å²) in [6.07, 6.45) is 0. The molecule has 0 radical (unpaired) electrons. The maximum atomic E-state index is 10.4. The molecular formula is C8H10N2O2S2. The van der Waals surface area contributed by atoms with Gasteiger partial charge in [-0.2, -0.15) is 0 Å². The van der Waals surface area contributed by atoms with Crippen molar-refractivity contribution in [2.75, 3.05) is 11.5 Å². The molecule has 0 aromatic carbocycles. The first-order valence-electron chi connectivity index (χ1n) is 4.01. The minimum Gasteiger partial charge on any atom is -0.292 e. The monoisotopic (exact) mass is 230 g/mol. The molecule has 0 saturated carbocycles. The van der Waals surface area contributed by atoms with E-state index in [-0.39, 0.29) is 11.6 Å². The maximum Gasteiger partial charge on any atom is 0.189 e. The number of carbonyl (C=O) groups excluding carboxylic acids is 2. The van der Waals surface area contributed by atoms with Crippen LogP contribution in [0.3, 0.4) is 0 Å². The molecule has 0 amide bonds. The van der Waals surface area contributed by atoms with Crippen LogP contribution in [-0.2, 0) is 9.59 Å². The third-order valence-electron chi connectivity index (χ3n) is 1.60. The van der Waals surface area contributed by atoms with E-state index in [4.69, 9.17) is 0 Å². The van der Waals surface area contributed by atoms with E-state index in [2.05, 4.69) is 8.80 Å². The van der Waals surface area contributed by atoms with E-state index >= 15 is 0 Å². The molecule has 14 heavy (non-hydrogen) atoms. The van der Waals surface area contributed by atoms with Crippen LogP contribution in [0.4, 0.5) is 0 Å². The zero-order chi connectivity index (χ0) is 10.6. The first-order valence-corrected chi connectivity index (χ1v) is 5.89. The molecule has 0 N–H and O–H groups in total. The van der Waals surface area contributed by atoms with Gasteiger partial charge in [0.25, 0.3) is 0 Å². The lowest BCUT2D eigenvalue weighted by Gasteiger charge is -1.76. The molecule has 0 spiro atoms. The van der Waals surface area contributed by atoms with Crippen molar-refractivity contribution in [2.24, 2.45) is 8.80 Å². The molecule has 0 aliphatic carbocycles. The van der Waals surface area contributed by atoms with Gasteiger partial charge in [-0.05, 0) is 37.7 Å². The van der Waals surface area contributed by atoms with Crippen molar-refractivity contribution in [2.45, 2.75) is 13.8 Å². The number of hydrogen-bond acceptors (Lipinski definition) is 6. The summed E-state index contributed by atoms with van der Waals surface area (Å²) in [6, 6.07) is 0. The first-order chi connectivity index (χ1) is 6.61. The van der Waals surface area contributed by atoms with Gasteiger partial charge in [0.15, 0.2) is 11.6 Å². The number of nitrogens with zero attached hydrogens (tertiary/aromatic N) is 2. The number of rotatable bonds is 0. The van der Waals surface area contributed by atoms with Crippen LogP contribution in [0.2, 0.25) is 0 Å². The topological polar surface area (TPSA) is 58.9 Å². The predicted octanol–water partition coefficient (Wildman–Crippen LogP) is 1.36. The summed E-state index contributed by atoms with van der Waals surface area (Å²) in [6.45, 7) is 3.48. The van der Waals surface area contributed by atoms with E-state index in [0.29, 0.717) is 22.9 Å². The van der Waals surface area contributed by atoms with Gasteiger partial charge in [-0.15, -0.1) is 0 Å². The summed E-state index contributed by atoms with van der Waals surface area (Å²) in [4.78, 5) is 20.8. The second-order valence-electron chi connectivity index (χ2n) is 2.75. The van der Waals surface area contributed by atoms with Crippen LogP contribution >= 0.6 is 23.9 Å². The van der Waals surface area contributed by atoms with Gasteiger partial charge >= 0.3 is 0 Å². The Morgan fingerprint density at radius 3 is 1.36 bits per heavy atom. The fraction of sp³-hybridized carbons (Fsp3) is 0.500. The van der Waals surface area contributed by atoms with Crippen molar-refractivity contribution in [3.8, 4) is 0 Å². The van der Waals surface area contributed by atoms with Crippen LogP contribution in [0.1, 0.15) is 13.8 Å². The van der Waals surface area contributed by atoms with Gasteiger partial charge in [-0.1, -0.05) is 0 Å². The van der Waals surface area contributed by atoms with E-state index in [0.717, 1.165) is 0 Å². The minimum atomic E-state index is 0.171. The molecule has 0 saturated heterocycles. The third-order valence-corrected chi connectivity index (χ3v) is 3.19. The van der Waals surface area contributed by atoms with Crippen LogP contribution in [0.15, 0.2) is 8.80 Å². The minimum absolute atomic E-state index is 0.171. The Balaban J connectivity index is 0.000000140. The highest BCUT2D eigenvalue weighted by molar-refractivity contribution is 7.99. The van der Waals surface area contributed by atoms with Gasteiger partial charge in [-0.25, -0.2) is 8.80 Å². The van der Waals surface area contributed by atoms with E-state index in [1.54, 1.807) is 13.8 Å². The van der Waals surface area contributed by atoms with Gasteiger partial charge in [-0.3, -0.25) is 9.59 Å². The van der Waals surface area contributed by atoms with Gasteiger partial charge in [0, 0.05) is 0 Å². The van der Waals surface area contributed by atoms with Crippen molar-refractivity contribution in [3.63, 3.8) is 0 Å². The molecule has 2 aliphatic rings. The molecule has 0 aromatic heterocycles. The highest BCUT2D eigenvalue weighted by atomic mass is 32.2. The number of Topliss-reactive ketones (excluding diaryl/α,β-unsaturated/α-hetero) is 2. The fourth-order valence-corrected chi connectivity index (χ4v) is 2.06. The van der Waals surface area contributed by atoms with Gasteiger partial charge < -0.3 is 0 Å². The summed E-state index contributed by atoms with van der Waals surface area (Å²) >= 11 is 2.66. The zero-order valence-corrected chi connectivity index (χ0v) is 9.57. The lowest BCUT2D eigenvalue weighted by molar-refractivity contribution is -0.111. The Bertz CT molecular complexity index is 291. The summed E-state index contributed by atoms with van der Waals surface area (Å²) < 4.78 is 7.60. The second kappa shape index (κ2) is 5.31. The van der Waals surface area contributed by atoms with Crippen molar-refractivity contribution < 1.29 is 9.59 Å². The van der Waals surface area contributed by atoms with Gasteiger partial charge in [0.2, 0.25) is 0 Å². The van der Waals surface area contributed by atoms with Gasteiger partial charge in [0.05, 0.1) is 22.9 Å². The predicted molar refractivity (Wildman–Crippen MR) is 61.1 cm³/mol. The van der Waals surface area contributed by atoms with E-state index in [1.807, 2.05) is 0 Å². The smallest absolute Gasteiger partial charge is 0.189 e. The van der Waals surface area contributed by atoms with E-state index in [9.17, 15) is 9.59 Å². The largest absolute Gasteiger partial charge is 0.292 e. The molecule has 2 rings (SSSR count). The van der Waals surface area contributed by atoms with Crippen LogP contribution in [0.5, 0.6) is 0 Å². The summed E-state index contributed by atoms with van der Waals surface area (Å²) in [5.74, 6) is 1.44. The lowest BCUT2D eigenvalue weighted by atomic mass is 10.3. The molecule has 0 unspecified atom stereocenters. The van der Waals surface area contributed by atoms with E-state index < -0.39 is 0 Å². The lowest BCUT2D eigenvalue weighted by Crippen LogP contribution is -2.04. The maximum absolute atomic E-state index is 10.4. The Kier molecular flexibility index (Phi) is 4.34. The molecule has 76 valence electrons. The molecule has 2 heterocycles. The first kappa shape index (κ1) is 11.5. The normalized spacial score (nSPS) is 20.1. The Labute approximate surface area is 90.9 Å². The number of carbonyl (C=O) groups is 2. The van der Waals surface area contributed by atoms with Crippen LogP contribution in [0.25, 0.3) is 0 Å². The summed E-state index contributed by atoms with van der Waals surface area (Å²) in [5, 5.41) is 0. The average molecular weight is 230 g/mol. The Morgan fingerprint density at radius 1 is 0.929 bits per heavy atom. The number of ketones is 2. The molecule has 0 aromatic rings. The fourth-order valence-electron chi connectivity index (χ4n) is 0.686. The highest BCUT2D eigenvalue weighted by Gasteiger charge is 2.11. The Morgan fingerprint density at radius 2 is 1.29 bits per heavy atom. The van der Waals surface area contributed by atoms with Crippen molar-refractivity contribution >= 4 is 46.9 Å². The second-order valence-corrected chi connectivity index (χ2v) is 4.21. The molecular weight excluding hydrogens is 220 g/mol. The quantitative estimate of drug-likeness (QED) is 0.589. The third kappa shape index (κ3) is 3.26. The van der Waals surface area contributed by atoms with Crippen molar-refractivity contribution in [1.29, 1.82) is 0 Å². The molecule has 0 atom stereocenters. The molecule has 6 heteroatoms. The number of hydrogen-bond donors (Lipinski definition) is 0. The SMILES string of the molecule is CC1=NSCC1=O.CC1=NSCC1=O. The highest BCUT2D eigenvalue weighted by Crippen LogP contribution is 2.11. The molecule has 0 bridgehead atoms.